The first-order valence-electron chi connectivity index (χ1n) is 8.45. The number of rotatable bonds is 3. The standard InChI is InChI=1S/C21H20N2O3S/c1-12-6-5-7-17(14(12)3)23-20(25)16(19(24)22-21(23)27)11-15-8-9-18(26-4)13(2)10-15/h5-11H,1-4H3,(H,22,24,27)/b16-11+. The molecule has 138 valence electrons. The van der Waals surface area contributed by atoms with E-state index in [2.05, 4.69) is 5.32 Å². The molecule has 1 fully saturated rings. The van der Waals surface area contributed by atoms with Gasteiger partial charge >= 0.3 is 0 Å². The number of nitrogens with zero attached hydrogens (tertiary/aromatic N) is 1. The lowest BCUT2D eigenvalue weighted by Crippen LogP contribution is -2.54. The highest BCUT2D eigenvalue weighted by atomic mass is 32.1. The molecule has 0 aliphatic carbocycles. The van der Waals surface area contributed by atoms with Crippen molar-refractivity contribution in [3.8, 4) is 5.75 Å². The van der Waals surface area contributed by atoms with E-state index in [4.69, 9.17) is 17.0 Å². The third-order valence-corrected chi connectivity index (χ3v) is 4.93. The van der Waals surface area contributed by atoms with Crippen LogP contribution in [-0.2, 0) is 9.59 Å². The molecule has 0 aromatic heterocycles. The molecule has 0 spiro atoms. The Morgan fingerprint density at radius 3 is 2.48 bits per heavy atom. The molecule has 0 saturated carbocycles. The highest BCUT2D eigenvalue weighted by molar-refractivity contribution is 7.80. The van der Waals surface area contributed by atoms with Crippen LogP contribution in [0.2, 0.25) is 0 Å². The van der Waals surface area contributed by atoms with E-state index in [9.17, 15) is 9.59 Å². The molecule has 3 rings (SSSR count). The Labute approximate surface area is 163 Å². The third kappa shape index (κ3) is 3.48. The van der Waals surface area contributed by atoms with Crippen molar-refractivity contribution in [3.63, 3.8) is 0 Å². The molecule has 2 aromatic carbocycles. The number of benzene rings is 2. The average Bonchev–Trinajstić information content (AvgIpc) is 2.62. The maximum atomic E-state index is 13.1. The van der Waals surface area contributed by atoms with Gasteiger partial charge in [0, 0.05) is 0 Å². The molecule has 27 heavy (non-hydrogen) atoms. The molecule has 0 unspecified atom stereocenters. The maximum absolute atomic E-state index is 13.1. The maximum Gasteiger partial charge on any atom is 0.270 e. The summed E-state index contributed by atoms with van der Waals surface area (Å²) in [7, 11) is 1.60. The van der Waals surface area contributed by atoms with Gasteiger partial charge in [-0.25, -0.2) is 0 Å². The van der Waals surface area contributed by atoms with Crippen LogP contribution >= 0.6 is 12.2 Å². The topological polar surface area (TPSA) is 58.6 Å². The number of carbonyl (C=O) groups is 2. The fourth-order valence-electron chi connectivity index (χ4n) is 3.01. The Kier molecular flexibility index (Phi) is 5.10. The fourth-order valence-corrected chi connectivity index (χ4v) is 3.29. The van der Waals surface area contributed by atoms with E-state index < -0.39 is 11.8 Å². The summed E-state index contributed by atoms with van der Waals surface area (Å²) in [6, 6.07) is 11.1. The van der Waals surface area contributed by atoms with E-state index in [0.29, 0.717) is 5.69 Å². The smallest absolute Gasteiger partial charge is 0.270 e. The molecule has 0 bridgehead atoms. The van der Waals surface area contributed by atoms with Crippen molar-refractivity contribution in [2.75, 3.05) is 12.0 Å². The first-order valence-corrected chi connectivity index (χ1v) is 8.86. The summed E-state index contributed by atoms with van der Waals surface area (Å²) in [5.74, 6) is -0.194. The van der Waals surface area contributed by atoms with Crippen LogP contribution in [-0.4, -0.2) is 24.0 Å². The van der Waals surface area contributed by atoms with Crippen LogP contribution in [0, 0.1) is 20.8 Å². The summed E-state index contributed by atoms with van der Waals surface area (Å²) in [5.41, 5.74) is 4.33. The van der Waals surface area contributed by atoms with Gasteiger partial charge in [0.15, 0.2) is 5.11 Å². The van der Waals surface area contributed by atoms with Gasteiger partial charge < -0.3 is 4.74 Å². The molecule has 2 aromatic rings. The Balaban J connectivity index is 2.05. The van der Waals surface area contributed by atoms with Gasteiger partial charge in [-0.3, -0.25) is 19.8 Å². The van der Waals surface area contributed by atoms with Crippen molar-refractivity contribution >= 4 is 40.9 Å². The molecule has 1 aliphatic rings. The molecule has 1 heterocycles. The highest BCUT2D eigenvalue weighted by Crippen LogP contribution is 2.27. The zero-order valence-electron chi connectivity index (χ0n) is 15.6. The van der Waals surface area contributed by atoms with Gasteiger partial charge in [0.1, 0.15) is 11.3 Å². The molecule has 1 N–H and O–H groups in total. The lowest BCUT2D eigenvalue weighted by atomic mass is 10.0. The second kappa shape index (κ2) is 7.32. The number of methoxy groups -OCH3 is 1. The monoisotopic (exact) mass is 380 g/mol. The van der Waals surface area contributed by atoms with Crippen molar-refractivity contribution < 1.29 is 14.3 Å². The number of amides is 2. The van der Waals surface area contributed by atoms with E-state index in [0.717, 1.165) is 28.0 Å². The molecule has 5 nitrogen and oxygen atoms in total. The van der Waals surface area contributed by atoms with E-state index in [1.165, 1.54) is 4.90 Å². The molecule has 0 atom stereocenters. The second-order valence-corrected chi connectivity index (χ2v) is 6.79. The van der Waals surface area contributed by atoms with E-state index in [1.54, 1.807) is 25.3 Å². The van der Waals surface area contributed by atoms with Crippen LogP contribution in [0.5, 0.6) is 5.75 Å². The number of thiocarbonyl (C=S) groups is 1. The first kappa shape index (κ1) is 18.8. The van der Waals surface area contributed by atoms with Gasteiger partial charge in [-0.15, -0.1) is 0 Å². The number of ether oxygens (including phenoxy) is 1. The minimum Gasteiger partial charge on any atom is -0.496 e. The van der Waals surface area contributed by atoms with Gasteiger partial charge in [-0.1, -0.05) is 18.2 Å². The minimum absolute atomic E-state index is 0.0362. The van der Waals surface area contributed by atoms with Crippen molar-refractivity contribution in [2.45, 2.75) is 20.8 Å². The number of hydrogen-bond acceptors (Lipinski definition) is 4. The highest BCUT2D eigenvalue weighted by Gasteiger charge is 2.35. The summed E-state index contributed by atoms with van der Waals surface area (Å²) < 4.78 is 5.25. The lowest BCUT2D eigenvalue weighted by molar-refractivity contribution is -0.122. The Morgan fingerprint density at radius 2 is 1.81 bits per heavy atom. The normalized spacial score (nSPS) is 15.9. The van der Waals surface area contributed by atoms with Crippen molar-refractivity contribution in [3.05, 3.63) is 64.2 Å². The molecule has 0 radical (unpaired) electrons. The number of carbonyl (C=O) groups excluding carboxylic acids is 2. The van der Waals surface area contributed by atoms with E-state index in [1.807, 2.05) is 45.0 Å². The van der Waals surface area contributed by atoms with Crippen LogP contribution in [0.1, 0.15) is 22.3 Å². The summed E-state index contributed by atoms with van der Waals surface area (Å²) in [6.45, 7) is 5.79. The van der Waals surface area contributed by atoms with Gasteiger partial charge in [-0.05, 0) is 79.5 Å². The largest absolute Gasteiger partial charge is 0.496 e. The summed E-state index contributed by atoms with van der Waals surface area (Å²) in [5, 5.41) is 2.70. The fraction of sp³-hybridized carbons (Fsp3) is 0.190. The molecule has 1 saturated heterocycles. The van der Waals surface area contributed by atoms with E-state index >= 15 is 0 Å². The van der Waals surface area contributed by atoms with Crippen LogP contribution in [0.25, 0.3) is 6.08 Å². The summed E-state index contributed by atoms with van der Waals surface area (Å²) in [4.78, 5) is 26.9. The predicted octanol–water partition coefficient (Wildman–Crippen LogP) is 3.45. The molecular formula is C21H20N2O3S. The van der Waals surface area contributed by atoms with E-state index in [-0.39, 0.29) is 10.7 Å². The summed E-state index contributed by atoms with van der Waals surface area (Å²) in [6.07, 6.45) is 1.57. The Morgan fingerprint density at radius 1 is 1.07 bits per heavy atom. The minimum atomic E-state index is -0.500. The quantitative estimate of drug-likeness (QED) is 0.503. The second-order valence-electron chi connectivity index (χ2n) is 6.41. The lowest BCUT2D eigenvalue weighted by Gasteiger charge is -2.30. The van der Waals surface area contributed by atoms with Crippen LogP contribution in [0.15, 0.2) is 42.0 Å². The Hall–Kier alpha value is -2.99. The molecule has 6 heteroatoms. The van der Waals surface area contributed by atoms with Crippen LogP contribution < -0.4 is 15.0 Å². The predicted molar refractivity (Wildman–Crippen MR) is 110 cm³/mol. The Bertz CT molecular complexity index is 995. The van der Waals surface area contributed by atoms with Gasteiger partial charge in [0.2, 0.25) is 0 Å². The SMILES string of the molecule is COc1ccc(/C=C2\C(=O)NC(=S)N(c3cccc(C)c3C)C2=O)cc1C. The van der Waals surface area contributed by atoms with Crippen LogP contribution in [0.4, 0.5) is 5.69 Å². The molecule has 1 aliphatic heterocycles. The number of anilines is 1. The number of hydrogen-bond donors (Lipinski definition) is 1. The zero-order chi connectivity index (χ0) is 19.7. The third-order valence-electron chi connectivity index (χ3n) is 4.65. The van der Waals surface area contributed by atoms with Crippen LogP contribution in [0.3, 0.4) is 0 Å². The number of nitrogens with one attached hydrogen (secondary N) is 1. The average molecular weight is 380 g/mol. The molecule has 2 amide bonds. The van der Waals surface area contributed by atoms with Crippen molar-refractivity contribution in [1.82, 2.24) is 5.32 Å². The number of aryl methyl sites for hydroxylation is 2. The van der Waals surface area contributed by atoms with Crippen molar-refractivity contribution in [1.29, 1.82) is 0 Å². The van der Waals surface area contributed by atoms with Gasteiger partial charge in [0.25, 0.3) is 11.8 Å². The zero-order valence-corrected chi connectivity index (χ0v) is 16.4. The van der Waals surface area contributed by atoms with Gasteiger partial charge in [-0.2, -0.15) is 0 Å². The first-order chi connectivity index (χ1) is 12.8. The van der Waals surface area contributed by atoms with Crippen molar-refractivity contribution in [2.24, 2.45) is 0 Å². The molecular weight excluding hydrogens is 360 g/mol. The summed E-state index contributed by atoms with van der Waals surface area (Å²) >= 11 is 5.27. The van der Waals surface area contributed by atoms with Gasteiger partial charge in [0.05, 0.1) is 12.8 Å².